The summed E-state index contributed by atoms with van der Waals surface area (Å²) in [6.45, 7) is 0. The van der Waals surface area contributed by atoms with E-state index in [9.17, 15) is 0 Å². The van der Waals surface area contributed by atoms with Gasteiger partial charge in [0.25, 0.3) is 0 Å². The van der Waals surface area contributed by atoms with E-state index < -0.39 is 0 Å². The van der Waals surface area contributed by atoms with E-state index >= 15 is 0 Å². The lowest BCUT2D eigenvalue weighted by molar-refractivity contribution is 0.450. The number of hydrogen-bond donors (Lipinski definition) is 1. The smallest absolute Gasteiger partial charge is 0.0669 e. The predicted molar refractivity (Wildman–Crippen MR) is 48.8 cm³/mol. The maximum absolute atomic E-state index is 6.08. The highest BCUT2D eigenvalue weighted by molar-refractivity contribution is 7.05. The molecule has 0 aromatic carbocycles. The molecule has 1 aliphatic carbocycles. The molecular formula is C8H13N3S. The van der Waals surface area contributed by atoms with E-state index in [-0.39, 0.29) is 6.04 Å². The van der Waals surface area contributed by atoms with Crippen molar-refractivity contribution in [3.63, 3.8) is 0 Å². The summed E-state index contributed by atoms with van der Waals surface area (Å²) in [4.78, 5) is 1.14. The Balaban J connectivity index is 2.04. The van der Waals surface area contributed by atoms with Gasteiger partial charge in [0.15, 0.2) is 0 Å². The van der Waals surface area contributed by atoms with Crippen LogP contribution in [-0.2, 0) is 0 Å². The zero-order valence-corrected chi connectivity index (χ0v) is 7.76. The van der Waals surface area contributed by atoms with Gasteiger partial charge in [-0.05, 0) is 30.3 Å². The van der Waals surface area contributed by atoms with Crippen LogP contribution >= 0.6 is 11.5 Å². The van der Waals surface area contributed by atoms with Crippen LogP contribution in [0.25, 0.3) is 0 Å². The van der Waals surface area contributed by atoms with E-state index in [4.69, 9.17) is 5.73 Å². The molecule has 1 fully saturated rings. The molecule has 0 spiro atoms. The lowest BCUT2D eigenvalue weighted by atomic mass is 9.98. The first-order chi connectivity index (χ1) is 5.88. The first-order valence-electron chi connectivity index (χ1n) is 4.41. The Labute approximate surface area is 76.1 Å². The van der Waals surface area contributed by atoms with Crippen LogP contribution in [0.15, 0.2) is 6.20 Å². The number of hydrogen-bond acceptors (Lipinski definition) is 4. The fraction of sp³-hybridized carbons (Fsp3) is 0.750. The molecule has 0 amide bonds. The highest BCUT2D eigenvalue weighted by Crippen LogP contribution is 2.34. The lowest BCUT2D eigenvalue weighted by Crippen LogP contribution is -2.17. The maximum atomic E-state index is 6.08. The molecule has 1 unspecified atom stereocenters. The molecule has 12 heavy (non-hydrogen) atoms. The van der Waals surface area contributed by atoms with Crippen LogP contribution in [0.5, 0.6) is 0 Å². The molecule has 1 aromatic rings. The third-order valence-electron chi connectivity index (χ3n) is 2.61. The van der Waals surface area contributed by atoms with Gasteiger partial charge in [0.05, 0.1) is 11.1 Å². The molecule has 1 atom stereocenters. The molecule has 3 nitrogen and oxygen atoms in total. The monoisotopic (exact) mass is 183 g/mol. The second kappa shape index (κ2) is 3.49. The van der Waals surface area contributed by atoms with E-state index in [0.29, 0.717) is 5.92 Å². The second-order valence-corrected chi connectivity index (χ2v) is 4.21. The van der Waals surface area contributed by atoms with Crippen molar-refractivity contribution >= 4 is 11.5 Å². The molecule has 1 aromatic heterocycles. The fourth-order valence-electron chi connectivity index (χ4n) is 1.87. The highest BCUT2D eigenvalue weighted by atomic mass is 32.1. The van der Waals surface area contributed by atoms with Gasteiger partial charge >= 0.3 is 0 Å². The fourth-order valence-corrected chi connectivity index (χ4v) is 2.47. The highest BCUT2D eigenvalue weighted by Gasteiger charge is 2.24. The second-order valence-electron chi connectivity index (χ2n) is 3.39. The van der Waals surface area contributed by atoms with Crippen molar-refractivity contribution in [2.75, 3.05) is 0 Å². The van der Waals surface area contributed by atoms with Gasteiger partial charge in [0.2, 0.25) is 0 Å². The van der Waals surface area contributed by atoms with E-state index in [1.807, 2.05) is 0 Å². The van der Waals surface area contributed by atoms with Crippen molar-refractivity contribution in [1.82, 2.24) is 9.59 Å². The molecule has 0 bridgehead atoms. The third kappa shape index (κ3) is 1.49. The summed E-state index contributed by atoms with van der Waals surface area (Å²) >= 11 is 1.43. The zero-order valence-electron chi connectivity index (χ0n) is 6.94. The SMILES string of the molecule is NC(c1cnns1)C1CCCC1. The van der Waals surface area contributed by atoms with Gasteiger partial charge in [-0.2, -0.15) is 0 Å². The molecule has 2 N–H and O–H groups in total. The molecule has 1 heterocycles. The minimum absolute atomic E-state index is 0.187. The summed E-state index contributed by atoms with van der Waals surface area (Å²) in [6.07, 6.45) is 7.03. The van der Waals surface area contributed by atoms with Crippen molar-refractivity contribution in [2.45, 2.75) is 31.7 Å². The number of nitrogens with zero attached hydrogens (tertiary/aromatic N) is 2. The first-order valence-corrected chi connectivity index (χ1v) is 5.18. The molecule has 0 saturated heterocycles. The van der Waals surface area contributed by atoms with Crippen LogP contribution < -0.4 is 5.73 Å². The van der Waals surface area contributed by atoms with Crippen LogP contribution in [0.4, 0.5) is 0 Å². The van der Waals surface area contributed by atoms with Gasteiger partial charge in [0, 0.05) is 6.04 Å². The molecule has 1 aliphatic rings. The van der Waals surface area contributed by atoms with Crippen LogP contribution in [0.3, 0.4) is 0 Å². The third-order valence-corrected chi connectivity index (χ3v) is 3.38. The minimum Gasteiger partial charge on any atom is -0.323 e. The Morgan fingerprint density at radius 3 is 2.83 bits per heavy atom. The van der Waals surface area contributed by atoms with Crippen molar-refractivity contribution in [1.29, 1.82) is 0 Å². The quantitative estimate of drug-likeness (QED) is 0.759. The van der Waals surface area contributed by atoms with Crippen molar-refractivity contribution in [2.24, 2.45) is 11.7 Å². The topological polar surface area (TPSA) is 51.8 Å². The van der Waals surface area contributed by atoms with Gasteiger partial charge in [0.1, 0.15) is 0 Å². The molecule has 4 heteroatoms. The van der Waals surface area contributed by atoms with Crippen LogP contribution in [-0.4, -0.2) is 9.59 Å². The zero-order chi connectivity index (χ0) is 8.39. The Bertz CT molecular complexity index is 228. The summed E-state index contributed by atoms with van der Waals surface area (Å²) < 4.78 is 3.83. The largest absolute Gasteiger partial charge is 0.323 e. The molecule has 0 radical (unpaired) electrons. The minimum atomic E-state index is 0.187. The first kappa shape index (κ1) is 8.13. The Morgan fingerprint density at radius 1 is 1.50 bits per heavy atom. The lowest BCUT2D eigenvalue weighted by Gasteiger charge is -2.15. The average molecular weight is 183 g/mol. The molecular weight excluding hydrogens is 170 g/mol. The van der Waals surface area contributed by atoms with E-state index in [1.165, 1.54) is 37.2 Å². The number of aromatic nitrogens is 2. The normalized spacial score (nSPS) is 21.4. The van der Waals surface area contributed by atoms with Crippen LogP contribution in [0.1, 0.15) is 36.6 Å². The van der Waals surface area contributed by atoms with Gasteiger partial charge in [-0.1, -0.05) is 17.3 Å². The molecule has 2 rings (SSSR count). The summed E-state index contributed by atoms with van der Waals surface area (Å²) in [6, 6.07) is 0.187. The van der Waals surface area contributed by atoms with Crippen molar-refractivity contribution in [3.05, 3.63) is 11.1 Å². The van der Waals surface area contributed by atoms with E-state index in [2.05, 4.69) is 9.59 Å². The summed E-state index contributed by atoms with van der Waals surface area (Å²) in [5.74, 6) is 0.673. The maximum Gasteiger partial charge on any atom is 0.0669 e. The standard InChI is InChI=1S/C8H13N3S/c9-8(6-3-1-2-4-6)7-5-10-11-12-7/h5-6,8H,1-4,9H2. The van der Waals surface area contributed by atoms with E-state index in [0.717, 1.165) is 4.88 Å². The van der Waals surface area contributed by atoms with Crippen molar-refractivity contribution < 1.29 is 0 Å². The van der Waals surface area contributed by atoms with E-state index in [1.54, 1.807) is 6.20 Å². The van der Waals surface area contributed by atoms with Gasteiger partial charge in [-0.3, -0.25) is 0 Å². The van der Waals surface area contributed by atoms with Gasteiger partial charge < -0.3 is 5.73 Å². The summed E-state index contributed by atoms with van der Waals surface area (Å²) in [7, 11) is 0. The van der Waals surface area contributed by atoms with Gasteiger partial charge in [-0.15, -0.1) is 5.10 Å². The molecule has 0 aliphatic heterocycles. The summed E-state index contributed by atoms with van der Waals surface area (Å²) in [5, 5.41) is 3.80. The Morgan fingerprint density at radius 2 is 2.25 bits per heavy atom. The molecule has 66 valence electrons. The Hall–Kier alpha value is -0.480. The number of nitrogens with two attached hydrogens (primary N) is 1. The molecule has 1 saturated carbocycles. The number of rotatable bonds is 2. The summed E-state index contributed by atoms with van der Waals surface area (Å²) in [5.41, 5.74) is 6.08. The van der Waals surface area contributed by atoms with Crippen LogP contribution in [0.2, 0.25) is 0 Å². The van der Waals surface area contributed by atoms with Crippen molar-refractivity contribution in [3.8, 4) is 0 Å². The van der Waals surface area contributed by atoms with Crippen LogP contribution in [0, 0.1) is 5.92 Å². The van der Waals surface area contributed by atoms with Gasteiger partial charge in [-0.25, -0.2) is 0 Å². The Kier molecular flexibility index (Phi) is 2.37. The average Bonchev–Trinajstić information content (AvgIpc) is 2.77. The predicted octanol–water partition coefficient (Wildman–Crippen LogP) is 1.73.